The number of piperidine rings is 1. The molecule has 1 aliphatic carbocycles. The van der Waals surface area contributed by atoms with Crippen LogP contribution in [0.4, 0.5) is 4.39 Å². The van der Waals surface area contributed by atoms with Crippen LogP contribution >= 0.6 is 0 Å². The van der Waals surface area contributed by atoms with Gasteiger partial charge in [-0.25, -0.2) is 12.8 Å². The number of carbonyl (C=O) groups excluding carboxylic acids is 1. The van der Waals surface area contributed by atoms with Crippen molar-refractivity contribution in [2.45, 2.75) is 44.4 Å². The summed E-state index contributed by atoms with van der Waals surface area (Å²) in [6.07, 6.45) is 3.67. The van der Waals surface area contributed by atoms with Gasteiger partial charge in [0.05, 0.1) is 17.0 Å². The van der Waals surface area contributed by atoms with Crippen molar-refractivity contribution in [1.82, 2.24) is 4.90 Å². The van der Waals surface area contributed by atoms with Crippen molar-refractivity contribution in [3.8, 4) is 5.75 Å². The van der Waals surface area contributed by atoms with Crippen LogP contribution in [-0.4, -0.2) is 51.2 Å². The van der Waals surface area contributed by atoms with E-state index in [1.807, 2.05) is 18.7 Å². The van der Waals surface area contributed by atoms with Crippen molar-refractivity contribution in [2.75, 3.05) is 32.0 Å². The summed E-state index contributed by atoms with van der Waals surface area (Å²) in [7, 11) is -3.48. The van der Waals surface area contributed by atoms with Crippen LogP contribution in [0.15, 0.2) is 41.1 Å². The van der Waals surface area contributed by atoms with Gasteiger partial charge in [0.25, 0.3) is 0 Å². The molecule has 1 saturated carbocycles. The summed E-state index contributed by atoms with van der Waals surface area (Å²) in [6, 6.07) is 6.17. The predicted molar refractivity (Wildman–Crippen MR) is 113 cm³/mol. The number of sulfone groups is 1. The molecule has 1 saturated heterocycles. The molecule has 1 aromatic carbocycles. The molecule has 30 heavy (non-hydrogen) atoms. The van der Waals surface area contributed by atoms with Crippen LogP contribution in [-0.2, 0) is 14.6 Å². The Balaban J connectivity index is 1.58. The average Bonchev–Trinajstić information content (AvgIpc) is 3.47. The Morgan fingerprint density at radius 3 is 2.27 bits per heavy atom. The Kier molecular flexibility index (Phi) is 6.57. The van der Waals surface area contributed by atoms with Crippen LogP contribution in [0.1, 0.15) is 39.5 Å². The molecule has 0 bridgehead atoms. The van der Waals surface area contributed by atoms with E-state index in [2.05, 4.69) is 0 Å². The highest BCUT2D eigenvalue weighted by atomic mass is 32.2. The van der Waals surface area contributed by atoms with Crippen LogP contribution in [0.3, 0.4) is 0 Å². The van der Waals surface area contributed by atoms with Gasteiger partial charge in [-0.3, -0.25) is 4.79 Å². The number of nitrogens with zero attached hydrogens (tertiary/aromatic N) is 1. The number of likely N-dealkylation sites (tertiary alicyclic amines) is 1. The molecule has 1 aliphatic heterocycles. The number of carbonyl (C=O) groups is 1. The Hall–Kier alpha value is -1.93. The number of hydrogen-bond donors (Lipinski definition) is 1. The maximum Gasteiger partial charge on any atom is 0.228 e. The molecule has 1 heterocycles. The summed E-state index contributed by atoms with van der Waals surface area (Å²) in [5.41, 5.74) is 5.16. The fourth-order valence-electron chi connectivity index (χ4n) is 3.77. The second kappa shape index (κ2) is 8.67. The van der Waals surface area contributed by atoms with Crippen molar-refractivity contribution >= 4 is 15.7 Å². The minimum atomic E-state index is -3.48. The van der Waals surface area contributed by atoms with E-state index < -0.39 is 9.84 Å². The van der Waals surface area contributed by atoms with Crippen LogP contribution < -0.4 is 10.5 Å². The smallest absolute Gasteiger partial charge is 0.228 e. The van der Waals surface area contributed by atoms with Gasteiger partial charge in [-0.1, -0.05) is 13.8 Å². The summed E-state index contributed by atoms with van der Waals surface area (Å²) in [4.78, 5) is 14.7. The number of hydrogen-bond acceptors (Lipinski definition) is 5. The second-order valence-corrected chi connectivity index (χ2v) is 11.1. The largest absolute Gasteiger partial charge is 0.489 e. The fourth-order valence-corrected chi connectivity index (χ4v) is 5.70. The van der Waals surface area contributed by atoms with Gasteiger partial charge in [-0.05, 0) is 55.4 Å². The molecule has 0 aromatic heterocycles. The van der Waals surface area contributed by atoms with E-state index in [-0.39, 0.29) is 40.5 Å². The molecule has 6 nitrogen and oxygen atoms in total. The molecule has 2 fully saturated rings. The van der Waals surface area contributed by atoms with Gasteiger partial charge in [0.2, 0.25) is 5.91 Å². The van der Waals surface area contributed by atoms with E-state index in [9.17, 15) is 17.6 Å². The number of nitrogens with two attached hydrogens (primary N) is 1. The minimum Gasteiger partial charge on any atom is -0.489 e. The third-order valence-electron chi connectivity index (χ3n) is 6.34. The lowest BCUT2D eigenvalue weighted by Crippen LogP contribution is -2.46. The quantitative estimate of drug-likeness (QED) is 0.674. The second-order valence-electron chi connectivity index (χ2n) is 9.15. The van der Waals surface area contributed by atoms with Gasteiger partial charge in [-0.2, -0.15) is 0 Å². The lowest BCUT2D eigenvalue weighted by molar-refractivity contribution is -0.138. The highest BCUT2D eigenvalue weighted by Crippen LogP contribution is 2.47. The molecule has 2 aliphatic rings. The van der Waals surface area contributed by atoms with Crippen molar-refractivity contribution < 1.29 is 22.3 Å². The lowest BCUT2D eigenvalue weighted by atomic mass is 9.82. The average molecular weight is 439 g/mol. The van der Waals surface area contributed by atoms with E-state index in [1.54, 1.807) is 12.1 Å². The first-order valence-electron chi connectivity index (χ1n) is 10.3. The number of ether oxygens (including phenoxy) is 1. The van der Waals surface area contributed by atoms with Crippen LogP contribution in [0.25, 0.3) is 0 Å². The molecule has 0 unspecified atom stereocenters. The summed E-state index contributed by atoms with van der Waals surface area (Å²) in [5, 5.41) is 0. The lowest BCUT2D eigenvalue weighted by Gasteiger charge is -2.40. The zero-order valence-corrected chi connectivity index (χ0v) is 18.5. The molecule has 1 amide bonds. The fraction of sp³-hybridized carbons (Fsp3) is 0.591. The molecular formula is C22H31FN2O4S. The first kappa shape index (κ1) is 22.7. The van der Waals surface area contributed by atoms with Crippen molar-refractivity contribution in [3.05, 3.63) is 36.2 Å². The highest BCUT2D eigenvalue weighted by molar-refractivity contribution is 7.91. The number of rotatable bonds is 8. The van der Waals surface area contributed by atoms with Crippen molar-refractivity contribution in [1.29, 1.82) is 0 Å². The topological polar surface area (TPSA) is 89.7 Å². The summed E-state index contributed by atoms with van der Waals surface area (Å²) in [5.74, 6) is 0.707. The van der Waals surface area contributed by atoms with E-state index >= 15 is 0 Å². The standard InChI is InChI=1S/C22H31FN2O4S/c1-21(9-11-25(12-10-21)20(26)22(2)7-8-22)16-30(27,28)19-5-3-18(4-6-19)29-15-17(13-23)14-24/h3-6,13H,7-12,14-16,24H2,1-2H3. The Bertz CT molecular complexity index is 900. The number of amides is 1. The van der Waals surface area contributed by atoms with E-state index in [0.29, 0.717) is 43.6 Å². The third kappa shape index (κ3) is 5.21. The molecule has 8 heteroatoms. The van der Waals surface area contributed by atoms with Gasteiger partial charge in [0.15, 0.2) is 9.84 Å². The summed E-state index contributed by atoms with van der Waals surface area (Å²) in [6.45, 7) is 5.29. The molecule has 2 N–H and O–H groups in total. The maximum atomic E-state index is 13.0. The zero-order chi connectivity index (χ0) is 22.0. The molecule has 166 valence electrons. The third-order valence-corrected chi connectivity index (χ3v) is 8.40. The molecule has 0 spiro atoms. The van der Waals surface area contributed by atoms with Gasteiger partial charge in [0, 0.05) is 30.6 Å². The summed E-state index contributed by atoms with van der Waals surface area (Å²) >= 11 is 0. The van der Waals surface area contributed by atoms with E-state index in [0.717, 1.165) is 12.8 Å². The van der Waals surface area contributed by atoms with Crippen molar-refractivity contribution in [3.63, 3.8) is 0 Å². The summed E-state index contributed by atoms with van der Waals surface area (Å²) < 4.78 is 43.9. The molecule has 1 aromatic rings. The first-order chi connectivity index (χ1) is 14.1. The predicted octanol–water partition coefficient (Wildman–Crippen LogP) is 3.08. The van der Waals surface area contributed by atoms with Crippen LogP contribution in [0.5, 0.6) is 5.75 Å². The Labute approximate surface area is 178 Å². The maximum absolute atomic E-state index is 13.0. The minimum absolute atomic E-state index is 0.0193. The SMILES string of the molecule is CC1(CS(=O)(=O)c2ccc(OCC(=CF)CN)cc2)CCN(C(=O)C2(C)CC2)CC1. The van der Waals surface area contributed by atoms with E-state index in [4.69, 9.17) is 10.5 Å². The Morgan fingerprint density at radius 1 is 1.17 bits per heavy atom. The molecule has 3 rings (SSSR count). The normalized spacial score (nSPS) is 20.7. The number of halogens is 1. The molecule has 0 radical (unpaired) electrons. The van der Waals surface area contributed by atoms with E-state index in [1.165, 1.54) is 12.1 Å². The molecular weight excluding hydrogens is 407 g/mol. The highest BCUT2D eigenvalue weighted by Gasteiger charge is 2.48. The van der Waals surface area contributed by atoms with Crippen LogP contribution in [0, 0.1) is 10.8 Å². The zero-order valence-electron chi connectivity index (χ0n) is 17.7. The number of benzene rings is 1. The van der Waals surface area contributed by atoms with Gasteiger partial charge < -0.3 is 15.4 Å². The first-order valence-corrected chi connectivity index (χ1v) is 12.0. The van der Waals surface area contributed by atoms with Crippen LogP contribution in [0.2, 0.25) is 0 Å². The Morgan fingerprint density at radius 2 is 1.77 bits per heavy atom. The van der Waals surface area contributed by atoms with Gasteiger partial charge in [-0.15, -0.1) is 0 Å². The monoisotopic (exact) mass is 438 g/mol. The van der Waals surface area contributed by atoms with Gasteiger partial charge in [0.1, 0.15) is 12.4 Å². The van der Waals surface area contributed by atoms with Crippen molar-refractivity contribution in [2.24, 2.45) is 16.6 Å². The molecule has 0 atom stereocenters. The van der Waals surface area contributed by atoms with Gasteiger partial charge >= 0.3 is 0 Å².